The van der Waals surface area contributed by atoms with Gasteiger partial charge in [-0.2, -0.15) is 0 Å². The quantitative estimate of drug-likeness (QED) is 0.636. The molecule has 1 rings (SSSR count). The third-order valence-corrected chi connectivity index (χ3v) is 2.59. The predicted octanol–water partition coefficient (Wildman–Crippen LogP) is -1.16. The largest absolute Gasteiger partial charge is 0.341 e. The molecule has 0 saturated carbocycles. The molecule has 0 fully saturated rings. The van der Waals surface area contributed by atoms with Crippen molar-refractivity contribution in [2.45, 2.75) is 5.16 Å². The van der Waals surface area contributed by atoms with Gasteiger partial charge in [0.15, 0.2) is 0 Å². The lowest BCUT2D eigenvalue weighted by Gasteiger charge is -1.92. The summed E-state index contributed by atoms with van der Waals surface area (Å²) in [5.74, 6) is -0.673. The third kappa shape index (κ3) is 1.70. The molecule has 8 heteroatoms. The number of nitrogens with one attached hydrogen (secondary N) is 2. The van der Waals surface area contributed by atoms with E-state index in [4.69, 9.17) is 0 Å². The van der Waals surface area contributed by atoms with E-state index < -0.39 is 33.1 Å². The number of sulfone groups is 1. The highest BCUT2D eigenvalue weighted by molar-refractivity contribution is 7.91. The zero-order valence-electron chi connectivity index (χ0n) is 5.87. The van der Waals surface area contributed by atoms with Crippen molar-refractivity contribution in [3.05, 3.63) is 10.5 Å². The topological polar surface area (TPSA) is 95.7 Å². The SMILES string of the molecule is O=c1[nH]nc(S(=O)(=O)CCF)[nH]1. The monoisotopic (exact) mass is 195 g/mol. The van der Waals surface area contributed by atoms with E-state index in [9.17, 15) is 17.6 Å². The van der Waals surface area contributed by atoms with Crippen LogP contribution >= 0.6 is 0 Å². The smallest absolute Gasteiger partial charge is 0.280 e. The average Bonchev–Trinajstić information content (AvgIpc) is 2.36. The standard InChI is InChI=1S/C4H6FN3O3S/c5-1-2-12(10,11)4-6-3(9)7-8-4/h1-2H2,(H2,6,7,8,9). The van der Waals surface area contributed by atoms with Gasteiger partial charge in [0.25, 0.3) is 0 Å². The molecule has 0 aromatic carbocycles. The molecule has 68 valence electrons. The highest BCUT2D eigenvalue weighted by Gasteiger charge is 2.17. The van der Waals surface area contributed by atoms with E-state index in [0.29, 0.717) is 0 Å². The number of H-pyrrole nitrogens is 2. The molecular formula is C4H6FN3O3S. The van der Waals surface area contributed by atoms with Gasteiger partial charge in [-0.15, -0.1) is 5.10 Å². The summed E-state index contributed by atoms with van der Waals surface area (Å²) in [5.41, 5.74) is -0.729. The van der Waals surface area contributed by atoms with Crippen LogP contribution in [0.2, 0.25) is 0 Å². The lowest BCUT2D eigenvalue weighted by atomic mass is 10.9. The molecule has 0 aliphatic heterocycles. The van der Waals surface area contributed by atoms with Gasteiger partial charge < -0.3 is 0 Å². The van der Waals surface area contributed by atoms with Crippen LogP contribution in [0.5, 0.6) is 0 Å². The molecule has 12 heavy (non-hydrogen) atoms. The number of aromatic nitrogens is 3. The van der Waals surface area contributed by atoms with Crippen molar-refractivity contribution in [1.29, 1.82) is 0 Å². The summed E-state index contributed by atoms with van der Waals surface area (Å²) < 4.78 is 33.6. The molecule has 0 amide bonds. The molecule has 1 aromatic rings. The first kappa shape index (κ1) is 8.91. The van der Waals surface area contributed by atoms with Gasteiger partial charge in [0.05, 0.1) is 5.75 Å². The molecule has 1 heterocycles. The highest BCUT2D eigenvalue weighted by atomic mass is 32.2. The summed E-state index contributed by atoms with van der Waals surface area (Å²) in [6.07, 6.45) is 0. The van der Waals surface area contributed by atoms with E-state index in [-0.39, 0.29) is 0 Å². The Hall–Kier alpha value is -1.18. The van der Waals surface area contributed by atoms with E-state index in [2.05, 4.69) is 5.10 Å². The number of hydrogen-bond acceptors (Lipinski definition) is 4. The maximum atomic E-state index is 11.7. The fourth-order valence-electron chi connectivity index (χ4n) is 0.600. The second-order valence-corrected chi connectivity index (χ2v) is 4.02. The first-order valence-corrected chi connectivity index (χ1v) is 4.65. The third-order valence-electron chi connectivity index (χ3n) is 1.12. The summed E-state index contributed by atoms with van der Waals surface area (Å²) in [4.78, 5) is 12.3. The van der Waals surface area contributed by atoms with Gasteiger partial charge in [-0.3, -0.25) is 4.98 Å². The van der Waals surface area contributed by atoms with Crippen LogP contribution in [0.25, 0.3) is 0 Å². The number of aromatic amines is 2. The van der Waals surface area contributed by atoms with Gasteiger partial charge in [-0.05, 0) is 0 Å². The first-order valence-electron chi connectivity index (χ1n) is 2.99. The second kappa shape index (κ2) is 3.05. The second-order valence-electron chi connectivity index (χ2n) is 1.99. The number of nitrogens with zero attached hydrogens (tertiary/aromatic N) is 1. The van der Waals surface area contributed by atoms with Crippen LogP contribution in [0.1, 0.15) is 0 Å². The first-order chi connectivity index (χ1) is 5.56. The number of alkyl halides is 1. The highest BCUT2D eigenvalue weighted by Crippen LogP contribution is 1.99. The van der Waals surface area contributed by atoms with Crippen LogP contribution in [0.15, 0.2) is 9.95 Å². The normalized spacial score (nSPS) is 11.8. The minimum Gasteiger partial charge on any atom is -0.280 e. The van der Waals surface area contributed by atoms with Crippen molar-refractivity contribution in [2.24, 2.45) is 0 Å². The van der Waals surface area contributed by atoms with Gasteiger partial charge >= 0.3 is 5.69 Å². The lowest BCUT2D eigenvalue weighted by Crippen LogP contribution is -2.11. The zero-order valence-corrected chi connectivity index (χ0v) is 6.69. The fraction of sp³-hybridized carbons (Fsp3) is 0.500. The van der Waals surface area contributed by atoms with E-state index in [1.165, 1.54) is 0 Å². The van der Waals surface area contributed by atoms with E-state index in [0.717, 1.165) is 0 Å². The van der Waals surface area contributed by atoms with Crippen molar-refractivity contribution in [3.63, 3.8) is 0 Å². The summed E-state index contributed by atoms with van der Waals surface area (Å²) in [6.45, 7) is -1.00. The molecule has 0 aliphatic carbocycles. The van der Waals surface area contributed by atoms with Crippen LogP contribution < -0.4 is 5.69 Å². The minimum absolute atomic E-state index is 0.523. The molecule has 0 unspecified atom stereocenters. The molecule has 1 aromatic heterocycles. The Labute approximate surface area is 66.7 Å². The number of hydrogen-bond donors (Lipinski definition) is 2. The molecular weight excluding hydrogens is 189 g/mol. The fourth-order valence-corrected chi connectivity index (χ4v) is 1.43. The molecule has 0 spiro atoms. The molecule has 0 bridgehead atoms. The maximum Gasteiger partial charge on any atom is 0.341 e. The van der Waals surface area contributed by atoms with Crippen molar-refractivity contribution < 1.29 is 12.8 Å². The van der Waals surface area contributed by atoms with Crippen molar-refractivity contribution >= 4 is 9.84 Å². The Morgan fingerprint density at radius 3 is 2.58 bits per heavy atom. The summed E-state index contributed by atoms with van der Waals surface area (Å²) >= 11 is 0. The molecule has 0 aliphatic rings. The minimum atomic E-state index is -3.76. The summed E-state index contributed by atoms with van der Waals surface area (Å²) in [7, 11) is -3.76. The van der Waals surface area contributed by atoms with E-state index >= 15 is 0 Å². The van der Waals surface area contributed by atoms with E-state index in [1.54, 1.807) is 0 Å². The van der Waals surface area contributed by atoms with Gasteiger partial charge in [-0.1, -0.05) is 0 Å². The summed E-state index contributed by atoms with van der Waals surface area (Å²) in [6, 6.07) is 0. The van der Waals surface area contributed by atoms with Crippen LogP contribution in [0.4, 0.5) is 4.39 Å². The predicted molar refractivity (Wildman–Crippen MR) is 37.2 cm³/mol. The van der Waals surface area contributed by atoms with Crippen molar-refractivity contribution in [1.82, 2.24) is 15.2 Å². The Kier molecular flexibility index (Phi) is 2.27. The number of rotatable bonds is 3. The summed E-state index contributed by atoms with van der Waals surface area (Å²) in [5, 5.41) is 4.51. The van der Waals surface area contributed by atoms with Crippen LogP contribution in [-0.4, -0.2) is 36.0 Å². The van der Waals surface area contributed by atoms with Crippen LogP contribution in [0, 0.1) is 0 Å². The molecule has 0 radical (unpaired) electrons. The molecule has 0 atom stereocenters. The number of halogens is 1. The van der Waals surface area contributed by atoms with Gasteiger partial charge in [0.1, 0.15) is 6.67 Å². The van der Waals surface area contributed by atoms with Gasteiger partial charge in [-0.25, -0.2) is 22.7 Å². The maximum absolute atomic E-state index is 11.7. The molecule has 6 nitrogen and oxygen atoms in total. The Morgan fingerprint density at radius 2 is 2.17 bits per heavy atom. The Morgan fingerprint density at radius 1 is 1.50 bits per heavy atom. The van der Waals surface area contributed by atoms with E-state index in [1.807, 2.05) is 10.1 Å². The van der Waals surface area contributed by atoms with Crippen LogP contribution in [0.3, 0.4) is 0 Å². The molecule has 0 saturated heterocycles. The van der Waals surface area contributed by atoms with Gasteiger partial charge in [0.2, 0.25) is 15.0 Å². The Bertz CT molecular complexity index is 405. The van der Waals surface area contributed by atoms with Crippen molar-refractivity contribution in [3.8, 4) is 0 Å². The zero-order chi connectivity index (χ0) is 9.19. The Balaban J connectivity index is 3.06. The van der Waals surface area contributed by atoms with Crippen molar-refractivity contribution in [2.75, 3.05) is 12.4 Å². The van der Waals surface area contributed by atoms with Gasteiger partial charge in [0, 0.05) is 0 Å². The lowest BCUT2D eigenvalue weighted by molar-refractivity contribution is 0.515. The average molecular weight is 195 g/mol. The van der Waals surface area contributed by atoms with Crippen LogP contribution in [-0.2, 0) is 9.84 Å². The molecule has 2 N–H and O–H groups in total.